The second kappa shape index (κ2) is 11.8. The fraction of sp³-hybridized carbons (Fsp3) is 0.241. The second-order valence-electron chi connectivity index (χ2n) is 9.07. The fourth-order valence-electron chi connectivity index (χ4n) is 4.48. The van der Waals surface area contributed by atoms with Crippen LogP contribution in [0.2, 0.25) is 0 Å². The number of nitrogens with zero attached hydrogens (tertiary/aromatic N) is 4. The molecule has 0 fully saturated rings. The number of aliphatic hydroxyl groups is 1. The Kier molecular flexibility index (Phi) is 7.83. The second-order valence-corrected chi connectivity index (χ2v) is 9.07. The van der Waals surface area contributed by atoms with Crippen molar-refractivity contribution < 1.29 is 19.4 Å². The summed E-state index contributed by atoms with van der Waals surface area (Å²) in [6.45, 7) is 2.27. The first-order chi connectivity index (χ1) is 19.1. The van der Waals surface area contributed by atoms with Gasteiger partial charge in [-0.15, -0.1) is 0 Å². The van der Waals surface area contributed by atoms with E-state index in [1.807, 2.05) is 55.5 Å². The summed E-state index contributed by atoms with van der Waals surface area (Å²) in [5.74, 6) is 1.93. The lowest BCUT2D eigenvalue weighted by Crippen LogP contribution is -2.31. The van der Waals surface area contributed by atoms with Gasteiger partial charge in [0, 0.05) is 24.9 Å². The van der Waals surface area contributed by atoms with Crippen LogP contribution in [0.1, 0.15) is 36.3 Å². The Bertz CT molecular complexity index is 1470. The smallest absolute Gasteiger partial charge is 0.255 e. The van der Waals surface area contributed by atoms with Gasteiger partial charge in [-0.2, -0.15) is 10.1 Å². The molecule has 1 atom stereocenters. The summed E-state index contributed by atoms with van der Waals surface area (Å²) in [4.78, 5) is 22.4. The highest BCUT2D eigenvalue weighted by atomic mass is 16.5. The standard InChI is InChI=1S/C29H30N6O4/c1-19-26(28(37)32-22-10-6-14-30-17-22)27(35-29(31-19)33-25(34-35)11-7-15-36)21-12-13-23(24(16-21)38-2)39-18-20-8-4-3-5-9-20/h3-6,8-10,12-14,16-17,27,36H,7,11,15,18H2,1-2H3,(H,32,37)(H,31,33,34)/t27-/m1/s1. The van der Waals surface area contributed by atoms with Crippen molar-refractivity contribution in [3.63, 3.8) is 0 Å². The molecule has 0 aliphatic carbocycles. The van der Waals surface area contributed by atoms with Gasteiger partial charge in [0.05, 0.1) is 24.6 Å². The first kappa shape index (κ1) is 25.9. The zero-order chi connectivity index (χ0) is 27.2. The van der Waals surface area contributed by atoms with E-state index >= 15 is 0 Å². The van der Waals surface area contributed by atoms with E-state index in [1.54, 1.807) is 36.3 Å². The fourth-order valence-corrected chi connectivity index (χ4v) is 4.48. The summed E-state index contributed by atoms with van der Waals surface area (Å²) in [5.41, 5.74) is 3.52. The zero-order valence-electron chi connectivity index (χ0n) is 21.8. The third-order valence-corrected chi connectivity index (χ3v) is 6.36. The van der Waals surface area contributed by atoms with Crippen LogP contribution in [0.25, 0.3) is 0 Å². The average molecular weight is 527 g/mol. The third-order valence-electron chi connectivity index (χ3n) is 6.36. The number of aliphatic hydroxyl groups excluding tert-OH is 1. The number of nitrogens with one attached hydrogen (secondary N) is 2. The lowest BCUT2D eigenvalue weighted by atomic mass is 9.94. The topological polar surface area (TPSA) is 123 Å². The van der Waals surface area contributed by atoms with Crippen LogP contribution < -0.4 is 20.1 Å². The van der Waals surface area contributed by atoms with Crippen LogP contribution in [0, 0.1) is 0 Å². The van der Waals surface area contributed by atoms with Gasteiger partial charge in [0.15, 0.2) is 17.3 Å². The summed E-state index contributed by atoms with van der Waals surface area (Å²) in [6.07, 6.45) is 4.29. The van der Waals surface area contributed by atoms with Crippen molar-refractivity contribution in [2.75, 3.05) is 24.4 Å². The van der Waals surface area contributed by atoms with E-state index in [0.717, 1.165) is 11.1 Å². The number of methoxy groups -OCH3 is 1. The number of benzene rings is 2. The number of ether oxygens (including phenoxy) is 2. The molecule has 0 spiro atoms. The number of hydrogen-bond acceptors (Lipinski definition) is 8. The number of anilines is 2. The number of carbonyl (C=O) groups is 1. The average Bonchev–Trinajstić information content (AvgIpc) is 3.37. The van der Waals surface area contributed by atoms with E-state index < -0.39 is 6.04 Å². The molecule has 39 heavy (non-hydrogen) atoms. The van der Waals surface area contributed by atoms with Crippen molar-refractivity contribution in [1.82, 2.24) is 19.7 Å². The van der Waals surface area contributed by atoms with E-state index in [-0.39, 0.29) is 12.5 Å². The Morgan fingerprint density at radius 1 is 1.13 bits per heavy atom. The monoisotopic (exact) mass is 526 g/mol. The van der Waals surface area contributed by atoms with Gasteiger partial charge in [0.1, 0.15) is 12.6 Å². The Morgan fingerprint density at radius 3 is 2.72 bits per heavy atom. The Morgan fingerprint density at radius 2 is 1.97 bits per heavy atom. The number of carbonyl (C=O) groups excluding carboxylic acids is 1. The maximum absolute atomic E-state index is 13.6. The van der Waals surface area contributed by atoms with E-state index in [1.165, 1.54) is 0 Å². The van der Waals surface area contributed by atoms with Gasteiger partial charge in [-0.05, 0) is 48.7 Å². The molecule has 200 valence electrons. The zero-order valence-corrected chi connectivity index (χ0v) is 21.8. The van der Waals surface area contributed by atoms with Crippen molar-refractivity contribution in [3.8, 4) is 11.5 Å². The molecule has 1 aliphatic heterocycles. The molecule has 4 aromatic rings. The molecule has 3 N–H and O–H groups in total. The molecule has 3 heterocycles. The molecule has 10 heteroatoms. The number of aryl methyl sites for hydroxylation is 1. The molecule has 0 saturated heterocycles. The Labute approximate surface area is 226 Å². The highest BCUT2D eigenvalue weighted by Crippen LogP contribution is 2.39. The lowest BCUT2D eigenvalue weighted by Gasteiger charge is -2.29. The van der Waals surface area contributed by atoms with Crippen molar-refractivity contribution in [2.45, 2.75) is 32.4 Å². The molecule has 0 unspecified atom stereocenters. The quantitative estimate of drug-likeness (QED) is 0.282. The van der Waals surface area contributed by atoms with Crippen molar-refractivity contribution in [1.29, 1.82) is 0 Å². The maximum Gasteiger partial charge on any atom is 0.255 e. The van der Waals surface area contributed by atoms with Gasteiger partial charge in [-0.3, -0.25) is 9.78 Å². The normalized spacial score (nSPS) is 14.4. The SMILES string of the molecule is COc1cc([C@@H]2C(C(=O)Nc3cccnc3)=C(C)Nc3nc(CCCO)nn32)ccc1OCc1ccccc1. The highest BCUT2D eigenvalue weighted by molar-refractivity contribution is 6.05. The van der Waals surface area contributed by atoms with E-state index in [0.29, 0.717) is 59.7 Å². The van der Waals surface area contributed by atoms with Crippen LogP contribution in [-0.2, 0) is 17.8 Å². The molecule has 1 aliphatic rings. The maximum atomic E-state index is 13.6. The van der Waals surface area contributed by atoms with E-state index in [9.17, 15) is 9.90 Å². The number of amides is 1. The Balaban J connectivity index is 1.51. The van der Waals surface area contributed by atoms with Crippen molar-refractivity contribution in [2.24, 2.45) is 0 Å². The van der Waals surface area contributed by atoms with Gasteiger partial charge < -0.3 is 25.2 Å². The Hall–Kier alpha value is -4.70. The van der Waals surface area contributed by atoms with Crippen LogP contribution in [0.3, 0.4) is 0 Å². The molecule has 5 rings (SSSR count). The molecule has 2 aromatic carbocycles. The minimum Gasteiger partial charge on any atom is -0.493 e. The highest BCUT2D eigenvalue weighted by Gasteiger charge is 2.35. The van der Waals surface area contributed by atoms with Gasteiger partial charge >= 0.3 is 0 Å². The van der Waals surface area contributed by atoms with Gasteiger partial charge in [-0.25, -0.2) is 4.68 Å². The van der Waals surface area contributed by atoms with E-state index in [2.05, 4.69) is 20.6 Å². The predicted octanol–water partition coefficient (Wildman–Crippen LogP) is 4.11. The summed E-state index contributed by atoms with van der Waals surface area (Å²) >= 11 is 0. The number of pyridine rings is 1. The molecular weight excluding hydrogens is 496 g/mol. The number of hydrogen-bond donors (Lipinski definition) is 3. The number of allylic oxidation sites excluding steroid dienone is 1. The predicted molar refractivity (Wildman–Crippen MR) is 147 cm³/mol. The van der Waals surface area contributed by atoms with Gasteiger partial charge in [0.25, 0.3) is 5.91 Å². The van der Waals surface area contributed by atoms with E-state index in [4.69, 9.17) is 14.6 Å². The minimum atomic E-state index is -0.592. The number of rotatable bonds is 10. The summed E-state index contributed by atoms with van der Waals surface area (Å²) < 4.78 is 13.5. The first-order valence-electron chi connectivity index (χ1n) is 12.7. The number of aromatic nitrogens is 4. The molecule has 0 radical (unpaired) electrons. The van der Waals surface area contributed by atoms with Crippen molar-refractivity contribution in [3.05, 3.63) is 101 Å². The van der Waals surface area contributed by atoms with Crippen LogP contribution >= 0.6 is 0 Å². The molecule has 1 amide bonds. The molecular formula is C29H30N6O4. The van der Waals surface area contributed by atoms with Gasteiger partial charge in [-0.1, -0.05) is 36.4 Å². The van der Waals surface area contributed by atoms with Crippen molar-refractivity contribution >= 4 is 17.5 Å². The molecule has 2 aromatic heterocycles. The first-order valence-corrected chi connectivity index (χ1v) is 12.7. The summed E-state index contributed by atoms with van der Waals surface area (Å²) in [6, 6.07) is 18.4. The largest absolute Gasteiger partial charge is 0.493 e. The van der Waals surface area contributed by atoms with Gasteiger partial charge in [0.2, 0.25) is 5.95 Å². The number of fused-ring (bicyclic) bond motifs is 1. The minimum absolute atomic E-state index is 0.0401. The summed E-state index contributed by atoms with van der Waals surface area (Å²) in [7, 11) is 1.59. The lowest BCUT2D eigenvalue weighted by molar-refractivity contribution is -0.113. The molecule has 0 bridgehead atoms. The molecule has 0 saturated carbocycles. The van der Waals surface area contributed by atoms with Crippen LogP contribution in [0.5, 0.6) is 11.5 Å². The van der Waals surface area contributed by atoms with Crippen LogP contribution in [0.15, 0.2) is 84.3 Å². The summed E-state index contributed by atoms with van der Waals surface area (Å²) in [5, 5.41) is 20.2. The van der Waals surface area contributed by atoms with Crippen LogP contribution in [0.4, 0.5) is 11.6 Å². The third kappa shape index (κ3) is 5.75. The van der Waals surface area contributed by atoms with Crippen LogP contribution in [-0.4, -0.2) is 44.5 Å². The molecule has 10 nitrogen and oxygen atoms in total.